The molecule has 1 aromatic heterocycles. The third kappa shape index (κ3) is 3.88. The van der Waals surface area contributed by atoms with E-state index in [4.69, 9.17) is 10.1 Å². The Morgan fingerprint density at radius 1 is 1.19 bits per heavy atom. The van der Waals surface area contributed by atoms with Gasteiger partial charge in [0.25, 0.3) is 0 Å². The van der Waals surface area contributed by atoms with E-state index in [0.717, 1.165) is 46.9 Å². The first kappa shape index (κ1) is 23.5. The highest BCUT2D eigenvalue weighted by atomic mass is 32.1. The predicted octanol–water partition coefficient (Wildman–Crippen LogP) is 5.59. The number of aliphatic hydroxyl groups is 1. The molecule has 7 nitrogen and oxygen atoms in total. The number of nitrogens with one attached hydrogen (secondary N) is 1. The zero-order valence-corrected chi connectivity index (χ0v) is 20.4. The number of carbonyl (C=O) groups is 2. The summed E-state index contributed by atoms with van der Waals surface area (Å²) in [6.45, 7) is 1.70. The summed E-state index contributed by atoms with van der Waals surface area (Å²) in [5.41, 5.74) is 1.42. The Hall–Kier alpha value is -4.22. The van der Waals surface area contributed by atoms with Crippen LogP contribution >= 0.6 is 11.3 Å². The lowest BCUT2D eigenvalue weighted by Gasteiger charge is -2.19. The molecule has 2 aromatic carbocycles. The number of esters is 1. The number of aliphatic hydroxyl groups excluding tert-OH is 1. The Kier molecular flexibility index (Phi) is 6.17. The fraction of sp³-hybridized carbons (Fsp3) is 0.214. The van der Waals surface area contributed by atoms with Crippen molar-refractivity contribution in [3.8, 4) is 6.07 Å². The number of fused-ring (bicyclic) bond motifs is 2. The van der Waals surface area contributed by atoms with Gasteiger partial charge in [-0.25, -0.2) is 4.79 Å². The van der Waals surface area contributed by atoms with Gasteiger partial charge in [-0.15, -0.1) is 11.3 Å². The number of aryl methyl sites for hydroxylation is 1. The number of nitriles is 1. The first-order chi connectivity index (χ1) is 17.4. The van der Waals surface area contributed by atoms with Gasteiger partial charge in [0.2, 0.25) is 0 Å². The molecule has 1 aliphatic heterocycles. The van der Waals surface area contributed by atoms with Gasteiger partial charge in [-0.05, 0) is 55.0 Å². The summed E-state index contributed by atoms with van der Waals surface area (Å²) in [4.78, 5) is 28.4. The molecule has 1 aliphatic carbocycles. The molecule has 0 fully saturated rings. The summed E-state index contributed by atoms with van der Waals surface area (Å²) in [5, 5.41) is 32.1. The van der Waals surface area contributed by atoms with Gasteiger partial charge in [0.15, 0.2) is 11.5 Å². The van der Waals surface area contributed by atoms with E-state index >= 15 is 0 Å². The molecule has 0 amide bonds. The molecule has 2 heterocycles. The van der Waals surface area contributed by atoms with Crippen LogP contribution in [-0.4, -0.2) is 29.3 Å². The van der Waals surface area contributed by atoms with E-state index in [1.165, 1.54) is 22.3 Å². The number of hydrogen-bond donors (Lipinski definition) is 2. The van der Waals surface area contributed by atoms with Crippen molar-refractivity contribution in [3.05, 3.63) is 87.1 Å². The Labute approximate surface area is 212 Å². The second-order valence-corrected chi connectivity index (χ2v) is 9.67. The van der Waals surface area contributed by atoms with E-state index < -0.39 is 17.5 Å². The molecular formula is C28H23N3O4S. The Bertz CT molecular complexity index is 1540. The van der Waals surface area contributed by atoms with Gasteiger partial charge in [0, 0.05) is 16.5 Å². The minimum Gasteiger partial charge on any atom is -0.505 e. The fourth-order valence-electron chi connectivity index (χ4n) is 4.69. The van der Waals surface area contributed by atoms with Crippen molar-refractivity contribution in [1.82, 2.24) is 0 Å². The van der Waals surface area contributed by atoms with Gasteiger partial charge in [0.1, 0.15) is 22.5 Å². The van der Waals surface area contributed by atoms with Crippen LogP contribution < -0.4 is 4.90 Å². The van der Waals surface area contributed by atoms with Crippen LogP contribution in [0.2, 0.25) is 0 Å². The Balaban J connectivity index is 1.64. The Morgan fingerprint density at radius 2 is 1.94 bits per heavy atom. The molecule has 0 saturated carbocycles. The number of allylic oxidation sites excluding steroid dienone is 1. The van der Waals surface area contributed by atoms with Crippen LogP contribution in [0.25, 0.3) is 10.8 Å². The first-order valence-electron chi connectivity index (χ1n) is 11.7. The second kappa shape index (κ2) is 9.44. The van der Waals surface area contributed by atoms with Gasteiger partial charge >= 0.3 is 5.97 Å². The number of ketones is 1. The highest BCUT2D eigenvalue weighted by Crippen LogP contribution is 2.44. The van der Waals surface area contributed by atoms with Crippen molar-refractivity contribution in [3.63, 3.8) is 0 Å². The number of benzene rings is 2. The third-order valence-electron chi connectivity index (χ3n) is 6.43. The largest absolute Gasteiger partial charge is 0.505 e. The zero-order chi connectivity index (χ0) is 25.4. The van der Waals surface area contributed by atoms with Gasteiger partial charge in [-0.2, -0.15) is 5.26 Å². The SMILES string of the molecule is CCOC(=O)C1=C(O)/C(=C\C(=O)c2ccc3ccccc3c2)N(c2sc3c(c2C#N)CCCC3)C1=N. The lowest BCUT2D eigenvalue weighted by atomic mass is 9.96. The average molecular weight is 498 g/mol. The molecule has 36 heavy (non-hydrogen) atoms. The molecule has 0 saturated heterocycles. The average Bonchev–Trinajstić information content (AvgIpc) is 3.37. The normalized spacial score (nSPS) is 16.4. The molecule has 3 aromatic rings. The molecule has 2 N–H and O–H groups in total. The molecule has 8 heteroatoms. The number of amidine groups is 1. The standard InChI is InChI=1S/C28H23N3O4S/c1-2-35-28(34)24-25(33)21(14-22(32)18-12-11-16-7-3-4-8-17(16)13-18)31(26(24)30)27-20(15-29)19-9-5-6-10-23(19)36-27/h3-4,7-8,11-14,30,33H,2,5-6,9-10H2,1H3/b21-14+,30-26?. The Morgan fingerprint density at radius 3 is 2.69 bits per heavy atom. The van der Waals surface area contributed by atoms with Gasteiger partial charge in [-0.3, -0.25) is 15.1 Å². The first-order valence-corrected chi connectivity index (χ1v) is 12.6. The van der Waals surface area contributed by atoms with Crippen LogP contribution in [0.1, 0.15) is 46.1 Å². The maximum Gasteiger partial charge on any atom is 0.345 e. The smallest absolute Gasteiger partial charge is 0.345 e. The van der Waals surface area contributed by atoms with Crippen LogP contribution in [0.15, 0.2) is 65.6 Å². The maximum atomic E-state index is 13.3. The molecular weight excluding hydrogens is 474 g/mol. The number of rotatable bonds is 5. The van der Waals surface area contributed by atoms with Crippen LogP contribution in [0.5, 0.6) is 0 Å². The molecule has 0 bridgehead atoms. The summed E-state index contributed by atoms with van der Waals surface area (Å²) in [5.74, 6) is -2.09. The van der Waals surface area contributed by atoms with E-state index in [-0.39, 0.29) is 23.7 Å². The van der Waals surface area contributed by atoms with E-state index in [1.54, 1.807) is 19.1 Å². The van der Waals surface area contributed by atoms with Crippen LogP contribution in [0, 0.1) is 16.7 Å². The monoisotopic (exact) mass is 497 g/mol. The summed E-state index contributed by atoms with van der Waals surface area (Å²) in [7, 11) is 0. The molecule has 180 valence electrons. The van der Waals surface area contributed by atoms with Crippen molar-refractivity contribution in [2.24, 2.45) is 0 Å². The number of anilines is 1. The minimum absolute atomic E-state index is 0.0173. The number of hydrogen-bond acceptors (Lipinski definition) is 7. The van der Waals surface area contributed by atoms with Crippen molar-refractivity contribution >= 4 is 44.7 Å². The van der Waals surface area contributed by atoms with Crippen molar-refractivity contribution in [2.75, 3.05) is 11.5 Å². The van der Waals surface area contributed by atoms with Crippen LogP contribution in [0.3, 0.4) is 0 Å². The summed E-state index contributed by atoms with van der Waals surface area (Å²) < 4.78 is 5.08. The van der Waals surface area contributed by atoms with Gasteiger partial charge < -0.3 is 9.84 Å². The highest BCUT2D eigenvalue weighted by Gasteiger charge is 2.41. The number of ether oxygens (including phenoxy) is 1. The van der Waals surface area contributed by atoms with Crippen molar-refractivity contribution < 1.29 is 19.4 Å². The molecule has 0 unspecified atom stereocenters. The van der Waals surface area contributed by atoms with Gasteiger partial charge in [-0.1, -0.05) is 36.4 Å². The second-order valence-electron chi connectivity index (χ2n) is 8.59. The van der Waals surface area contributed by atoms with E-state index in [1.807, 2.05) is 30.3 Å². The molecule has 0 spiro atoms. The van der Waals surface area contributed by atoms with E-state index in [2.05, 4.69) is 6.07 Å². The minimum atomic E-state index is -0.855. The molecule has 2 aliphatic rings. The fourth-order valence-corrected chi connectivity index (χ4v) is 6.05. The van der Waals surface area contributed by atoms with Crippen LogP contribution in [0.4, 0.5) is 5.00 Å². The van der Waals surface area contributed by atoms with E-state index in [9.17, 15) is 20.0 Å². The van der Waals surface area contributed by atoms with Crippen molar-refractivity contribution in [1.29, 1.82) is 10.7 Å². The lowest BCUT2D eigenvalue weighted by Crippen LogP contribution is -2.28. The summed E-state index contributed by atoms with van der Waals surface area (Å²) in [6.07, 6.45) is 4.79. The number of nitrogens with zero attached hydrogens (tertiary/aromatic N) is 2. The zero-order valence-electron chi connectivity index (χ0n) is 19.6. The van der Waals surface area contributed by atoms with Crippen molar-refractivity contribution in [2.45, 2.75) is 32.6 Å². The number of thiophene rings is 1. The number of carbonyl (C=O) groups excluding carboxylic acids is 2. The summed E-state index contributed by atoms with van der Waals surface area (Å²) >= 11 is 1.37. The van der Waals surface area contributed by atoms with Crippen LogP contribution in [-0.2, 0) is 22.4 Å². The van der Waals surface area contributed by atoms with E-state index in [0.29, 0.717) is 16.1 Å². The summed E-state index contributed by atoms with van der Waals surface area (Å²) in [6, 6.07) is 15.2. The quantitative estimate of drug-likeness (QED) is 0.270. The lowest BCUT2D eigenvalue weighted by molar-refractivity contribution is -0.138. The highest BCUT2D eigenvalue weighted by molar-refractivity contribution is 7.16. The molecule has 0 radical (unpaired) electrons. The molecule has 5 rings (SSSR count). The maximum absolute atomic E-state index is 13.3. The topological polar surface area (TPSA) is 114 Å². The molecule has 0 atom stereocenters. The predicted molar refractivity (Wildman–Crippen MR) is 139 cm³/mol. The van der Waals surface area contributed by atoms with Gasteiger partial charge in [0.05, 0.1) is 17.9 Å². The third-order valence-corrected chi connectivity index (χ3v) is 7.71.